The summed E-state index contributed by atoms with van der Waals surface area (Å²) in [5.41, 5.74) is 1.36. The van der Waals surface area contributed by atoms with Crippen molar-refractivity contribution < 1.29 is 17.0 Å². The summed E-state index contributed by atoms with van der Waals surface area (Å²) < 4.78 is 2.43. The molecule has 1 rings (SSSR count). The highest BCUT2D eigenvalue weighted by Gasteiger charge is 2.14. The largest absolute Gasteiger partial charge is 1.00 e. The van der Waals surface area contributed by atoms with E-state index in [9.17, 15) is 0 Å². The van der Waals surface area contributed by atoms with Gasteiger partial charge in [-0.1, -0.05) is 135 Å². The van der Waals surface area contributed by atoms with E-state index in [0.29, 0.717) is 0 Å². The summed E-state index contributed by atoms with van der Waals surface area (Å²) in [6.07, 6.45) is 31.2. The molecule has 0 N–H and O–H groups in total. The van der Waals surface area contributed by atoms with E-state index in [1.165, 1.54) is 134 Å². The van der Waals surface area contributed by atoms with E-state index in [-0.39, 0.29) is 12.4 Å². The summed E-state index contributed by atoms with van der Waals surface area (Å²) in [5.74, 6) is 0. The smallest absolute Gasteiger partial charge is 0.200 e. The van der Waals surface area contributed by atoms with Gasteiger partial charge >= 0.3 is 0 Å². The van der Waals surface area contributed by atoms with Crippen LogP contribution in [0, 0.1) is 0 Å². The predicted molar refractivity (Wildman–Crippen MR) is 139 cm³/mol. The molecule has 3 heteroatoms. The minimum atomic E-state index is 0. The lowest BCUT2D eigenvalue weighted by Crippen LogP contribution is -3.00. The van der Waals surface area contributed by atoms with Crippen LogP contribution in [0.3, 0.4) is 0 Å². The zero-order valence-electron chi connectivity index (χ0n) is 21.5. The lowest BCUT2D eigenvalue weighted by molar-refractivity contribution is -0.704. The molecule has 0 saturated carbocycles. The minimum absolute atomic E-state index is 0. The van der Waals surface area contributed by atoms with Crippen LogP contribution >= 0.6 is 11.6 Å². The quantitative estimate of drug-likeness (QED) is 0.123. The maximum atomic E-state index is 6.56. The highest BCUT2D eigenvalue weighted by molar-refractivity contribution is 6.31. The van der Waals surface area contributed by atoms with Crippen LogP contribution in [0.1, 0.15) is 148 Å². The van der Waals surface area contributed by atoms with Gasteiger partial charge in [0.1, 0.15) is 11.6 Å². The first-order chi connectivity index (χ1) is 15.3. The van der Waals surface area contributed by atoms with Gasteiger partial charge in [0.15, 0.2) is 11.9 Å². The molecule has 0 aliphatic carbocycles. The number of halogens is 2. The molecular formula is C29H53Cl2N. The van der Waals surface area contributed by atoms with Crippen LogP contribution in [-0.2, 0) is 13.0 Å². The lowest BCUT2D eigenvalue weighted by atomic mass is 10.0. The minimum Gasteiger partial charge on any atom is -1.00 e. The summed E-state index contributed by atoms with van der Waals surface area (Å²) in [5, 5.41) is 0.963. The van der Waals surface area contributed by atoms with Gasteiger partial charge in [-0.15, -0.1) is 0 Å². The van der Waals surface area contributed by atoms with Crippen molar-refractivity contribution in [2.24, 2.45) is 0 Å². The second-order valence-corrected chi connectivity index (χ2v) is 10.0. The van der Waals surface area contributed by atoms with E-state index in [1.807, 2.05) is 0 Å². The maximum Gasteiger partial charge on any atom is 0.200 e. The van der Waals surface area contributed by atoms with E-state index in [1.54, 1.807) is 0 Å². The van der Waals surface area contributed by atoms with E-state index < -0.39 is 0 Å². The summed E-state index contributed by atoms with van der Waals surface area (Å²) in [6.45, 7) is 5.71. The Bertz CT molecular complexity index is 518. The van der Waals surface area contributed by atoms with Gasteiger partial charge in [-0.2, -0.15) is 0 Å². The normalized spacial score (nSPS) is 11.0. The van der Waals surface area contributed by atoms with Gasteiger partial charge in [0.25, 0.3) is 0 Å². The second-order valence-electron chi connectivity index (χ2n) is 9.61. The Hall–Kier alpha value is -0.270. The first-order valence-corrected chi connectivity index (χ1v) is 14.3. The average molecular weight is 487 g/mol. The molecule has 0 bridgehead atoms. The van der Waals surface area contributed by atoms with Gasteiger partial charge in [-0.25, -0.2) is 4.57 Å². The number of aromatic nitrogens is 1. The van der Waals surface area contributed by atoms with E-state index >= 15 is 0 Å². The fourth-order valence-corrected chi connectivity index (χ4v) is 4.85. The van der Waals surface area contributed by atoms with Crippen molar-refractivity contribution in [3.8, 4) is 0 Å². The maximum absolute atomic E-state index is 6.56. The average Bonchev–Trinajstić information content (AvgIpc) is 2.77. The summed E-state index contributed by atoms with van der Waals surface area (Å²) in [6, 6.07) is 4.18. The fourth-order valence-electron chi connectivity index (χ4n) is 4.58. The molecule has 0 amide bonds. The van der Waals surface area contributed by atoms with Gasteiger partial charge in [0.05, 0.1) is 0 Å². The summed E-state index contributed by atoms with van der Waals surface area (Å²) >= 11 is 6.56. The molecule has 0 radical (unpaired) electrons. The van der Waals surface area contributed by atoms with E-state index in [2.05, 4.69) is 36.7 Å². The van der Waals surface area contributed by atoms with Crippen molar-refractivity contribution in [1.82, 2.24) is 0 Å². The van der Waals surface area contributed by atoms with Crippen molar-refractivity contribution >= 4 is 11.6 Å². The molecule has 0 aliphatic rings. The molecule has 0 unspecified atom stereocenters. The number of aryl methyl sites for hydroxylation is 1. The number of nitrogens with zero attached hydrogens (tertiary/aromatic N) is 1. The molecule has 1 heterocycles. The SMILES string of the molecule is CCCCCCCCCCCCc1c(Cl)ccc[n+]1CCCCCCCCCCCC.[Cl-]. The third-order valence-corrected chi connectivity index (χ3v) is 6.99. The zero-order chi connectivity index (χ0) is 22.4. The first-order valence-electron chi connectivity index (χ1n) is 14.0. The topological polar surface area (TPSA) is 3.88 Å². The van der Waals surface area contributed by atoms with Gasteiger partial charge < -0.3 is 12.4 Å². The molecule has 1 aromatic heterocycles. The van der Waals surface area contributed by atoms with Crippen LogP contribution in [0.2, 0.25) is 5.02 Å². The molecule has 0 fully saturated rings. The Labute approximate surface area is 212 Å². The number of hydrogen-bond donors (Lipinski definition) is 0. The Morgan fingerprint density at radius 2 is 1.00 bits per heavy atom. The number of rotatable bonds is 22. The van der Waals surface area contributed by atoms with Crippen molar-refractivity contribution in [1.29, 1.82) is 0 Å². The van der Waals surface area contributed by atoms with Crippen LogP contribution in [0.4, 0.5) is 0 Å². The molecule has 1 aromatic rings. The third-order valence-electron chi connectivity index (χ3n) is 6.65. The van der Waals surface area contributed by atoms with Gasteiger partial charge in [-0.05, 0) is 18.9 Å². The summed E-state index contributed by atoms with van der Waals surface area (Å²) in [4.78, 5) is 0. The molecule has 188 valence electrons. The Balaban J connectivity index is 0.00000961. The standard InChI is InChI=1S/C29H53ClN.ClH/c1-3-5-7-9-11-13-15-17-19-21-25-29-28(30)24-23-27-31(29)26-22-20-18-16-14-12-10-8-6-4-2;/h23-24,27H,3-22,25-26H2,1-2H3;1H/q+1;/p-1. The molecule has 1 nitrogen and oxygen atoms in total. The second kappa shape index (κ2) is 23.9. The predicted octanol–water partition coefficient (Wildman–Crippen LogP) is 7.02. The number of pyridine rings is 1. The third kappa shape index (κ3) is 17.2. The fraction of sp³-hybridized carbons (Fsp3) is 0.828. The zero-order valence-corrected chi connectivity index (χ0v) is 23.0. The molecule has 0 spiro atoms. The highest BCUT2D eigenvalue weighted by Crippen LogP contribution is 2.17. The highest BCUT2D eigenvalue weighted by atomic mass is 35.5. The van der Waals surface area contributed by atoms with Crippen molar-refractivity contribution in [2.45, 2.75) is 155 Å². The van der Waals surface area contributed by atoms with Crippen molar-refractivity contribution in [3.63, 3.8) is 0 Å². The first kappa shape index (κ1) is 31.7. The molecule has 0 atom stereocenters. The van der Waals surface area contributed by atoms with Crippen LogP contribution in [0.15, 0.2) is 18.3 Å². The Morgan fingerprint density at radius 1 is 0.594 bits per heavy atom. The molecule has 32 heavy (non-hydrogen) atoms. The van der Waals surface area contributed by atoms with Crippen molar-refractivity contribution in [2.75, 3.05) is 0 Å². The lowest BCUT2D eigenvalue weighted by Gasteiger charge is -2.07. The Kier molecular flexibility index (Phi) is 23.7. The van der Waals surface area contributed by atoms with E-state index in [0.717, 1.165) is 18.0 Å². The van der Waals surface area contributed by atoms with Crippen LogP contribution in [0.5, 0.6) is 0 Å². The van der Waals surface area contributed by atoms with Crippen molar-refractivity contribution in [3.05, 3.63) is 29.0 Å². The molecule has 0 aromatic carbocycles. The van der Waals surface area contributed by atoms with Crippen LogP contribution in [-0.4, -0.2) is 0 Å². The molecule has 0 saturated heterocycles. The van der Waals surface area contributed by atoms with Gasteiger partial charge in [0, 0.05) is 18.9 Å². The van der Waals surface area contributed by atoms with Crippen LogP contribution in [0.25, 0.3) is 0 Å². The van der Waals surface area contributed by atoms with Crippen LogP contribution < -0.4 is 17.0 Å². The van der Waals surface area contributed by atoms with E-state index in [4.69, 9.17) is 11.6 Å². The van der Waals surface area contributed by atoms with Gasteiger partial charge in [0.2, 0.25) is 0 Å². The number of unbranched alkanes of at least 4 members (excludes halogenated alkanes) is 18. The van der Waals surface area contributed by atoms with Gasteiger partial charge in [-0.3, -0.25) is 0 Å². The monoisotopic (exact) mass is 485 g/mol. The number of hydrogen-bond acceptors (Lipinski definition) is 0. The summed E-state index contributed by atoms with van der Waals surface area (Å²) in [7, 11) is 0. The Morgan fingerprint density at radius 3 is 1.47 bits per heavy atom. The molecular weight excluding hydrogens is 433 g/mol. The molecule has 0 aliphatic heterocycles.